The summed E-state index contributed by atoms with van der Waals surface area (Å²) >= 11 is 0. The number of Topliss-reactive ketones (excluding diaryl/α,β-unsaturated/α-hetero) is 1. The van der Waals surface area contributed by atoms with Gasteiger partial charge in [0.15, 0.2) is 5.78 Å². The average molecular weight is 263 g/mol. The number of rotatable bonds is 3. The maximum Gasteiger partial charge on any atom is 0.292 e. The molecule has 2 N–H and O–H groups in total. The third-order valence-electron chi connectivity index (χ3n) is 3.05. The zero-order valence-corrected chi connectivity index (χ0v) is 10.2. The first-order valence-corrected chi connectivity index (χ1v) is 5.84. The van der Waals surface area contributed by atoms with Crippen LogP contribution < -0.4 is 10.6 Å². The maximum atomic E-state index is 11.4. The molecule has 0 saturated carbocycles. The third-order valence-corrected chi connectivity index (χ3v) is 3.05. The van der Waals surface area contributed by atoms with Gasteiger partial charge in [0.1, 0.15) is 5.69 Å². The van der Waals surface area contributed by atoms with Gasteiger partial charge in [-0.2, -0.15) is 0 Å². The number of piperidine rings is 1. The van der Waals surface area contributed by atoms with Gasteiger partial charge in [0.2, 0.25) is 5.91 Å². The van der Waals surface area contributed by atoms with Gasteiger partial charge in [0, 0.05) is 24.6 Å². The SMILES string of the molecule is NC(=O)c1ccc([N+](=O)[O-])c(N2CCCC(=O)C2)c1. The summed E-state index contributed by atoms with van der Waals surface area (Å²) in [6, 6.07) is 3.93. The van der Waals surface area contributed by atoms with Gasteiger partial charge in [-0.25, -0.2) is 0 Å². The molecule has 0 unspecified atom stereocenters. The standard InChI is InChI=1S/C12H13N3O4/c13-12(17)8-3-4-10(15(18)19)11(6-8)14-5-1-2-9(16)7-14/h3-4,6H,1-2,5,7H2,(H2,13,17). The number of nitro groups is 1. The molecule has 2 rings (SSSR count). The highest BCUT2D eigenvalue weighted by Crippen LogP contribution is 2.30. The second-order valence-corrected chi connectivity index (χ2v) is 4.39. The quantitative estimate of drug-likeness (QED) is 0.643. The number of benzene rings is 1. The number of carbonyl (C=O) groups is 2. The van der Waals surface area contributed by atoms with Crippen molar-refractivity contribution < 1.29 is 14.5 Å². The average Bonchev–Trinajstić information content (AvgIpc) is 2.37. The Morgan fingerprint density at radius 1 is 1.42 bits per heavy atom. The lowest BCUT2D eigenvalue weighted by molar-refractivity contribution is -0.384. The van der Waals surface area contributed by atoms with Crippen molar-refractivity contribution in [2.24, 2.45) is 5.73 Å². The van der Waals surface area contributed by atoms with Crippen LogP contribution in [0.2, 0.25) is 0 Å². The minimum atomic E-state index is -0.653. The van der Waals surface area contributed by atoms with Crippen LogP contribution in [0.3, 0.4) is 0 Å². The molecule has 100 valence electrons. The smallest absolute Gasteiger partial charge is 0.292 e. The summed E-state index contributed by atoms with van der Waals surface area (Å²) in [5.41, 5.74) is 5.51. The molecule has 0 spiro atoms. The van der Waals surface area contributed by atoms with E-state index in [0.717, 1.165) is 0 Å². The van der Waals surface area contributed by atoms with Gasteiger partial charge in [0.25, 0.3) is 5.69 Å². The summed E-state index contributed by atoms with van der Waals surface area (Å²) in [5, 5.41) is 11.0. The molecule has 0 bridgehead atoms. The Bertz CT molecular complexity index is 556. The molecule has 1 saturated heterocycles. The van der Waals surface area contributed by atoms with Crippen LogP contribution in [0, 0.1) is 10.1 Å². The van der Waals surface area contributed by atoms with Crippen molar-refractivity contribution in [1.82, 2.24) is 0 Å². The predicted octanol–water partition coefficient (Wildman–Crippen LogP) is 0.863. The number of nitrogens with zero attached hydrogens (tertiary/aromatic N) is 2. The van der Waals surface area contributed by atoms with Gasteiger partial charge in [-0.15, -0.1) is 0 Å². The zero-order valence-electron chi connectivity index (χ0n) is 10.2. The van der Waals surface area contributed by atoms with Crippen LogP contribution in [0.25, 0.3) is 0 Å². The first-order valence-electron chi connectivity index (χ1n) is 5.84. The van der Waals surface area contributed by atoms with Crippen molar-refractivity contribution >= 4 is 23.1 Å². The largest absolute Gasteiger partial charge is 0.366 e. The molecule has 1 heterocycles. The van der Waals surface area contributed by atoms with E-state index in [1.807, 2.05) is 0 Å². The van der Waals surface area contributed by atoms with Crippen LogP contribution in [0.5, 0.6) is 0 Å². The lowest BCUT2D eigenvalue weighted by Gasteiger charge is -2.27. The van der Waals surface area contributed by atoms with Gasteiger partial charge in [-0.1, -0.05) is 0 Å². The molecule has 19 heavy (non-hydrogen) atoms. The minimum Gasteiger partial charge on any atom is -0.366 e. The van der Waals surface area contributed by atoms with Gasteiger partial charge in [-0.3, -0.25) is 19.7 Å². The molecule has 0 aliphatic carbocycles. The Hall–Kier alpha value is -2.44. The van der Waals surface area contributed by atoms with Crippen molar-refractivity contribution in [1.29, 1.82) is 0 Å². The molecule has 0 atom stereocenters. The minimum absolute atomic E-state index is 0.0324. The van der Waals surface area contributed by atoms with Crippen molar-refractivity contribution in [3.63, 3.8) is 0 Å². The van der Waals surface area contributed by atoms with E-state index in [2.05, 4.69) is 0 Å². The van der Waals surface area contributed by atoms with Crippen LogP contribution in [0.4, 0.5) is 11.4 Å². The highest BCUT2D eigenvalue weighted by molar-refractivity contribution is 5.95. The second-order valence-electron chi connectivity index (χ2n) is 4.39. The molecule has 1 aliphatic rings. The highest BCUT2D eigenvalue weighted by atomic mass is 16.6. The first-order chi connectivity index (χ1) is 8.99. The summed E-state index contributed by atoms with van der Waals surface area (Å²) in [6.45, 7) is 0.678. The molecule has 1 aliphatic heterocycles. The molecule has 1 fully saturated rings. The van der Waals surface area contributed by atoms with E-state index < -0.39 is 10.8 Å². The highest BCUT2D eigenvalue weighted by Gasteiger charge is 2.25. The molecule has 7 nitrogen and oxygen atoms in total. The number of nitro benzene ring substituents is 1. The van der Waals surface area contributed by atoms with Crippen LogP contribution >= 0.6 is 0 Å². The van der Waals surface area contributed by atoms with E-state index in [9.17, 15) is 19.7 Å². The molecular weight excluding hydrogens is 250 g/mol. The number of hydrogen-bond acceptors (Lipinski definition) is 5. The predicted molar refractivity (Wildman–Crippen MR) is 68.1 cm³/mol. The fraction of sp³-hybridized carbons (Fsp3) is 0.333. The molecular formula is C12H13N3O4. The Morgan fingerprint density at radius 3 is 2.74 bits per heavy atom. The van der Waals surface area contributed by atoms with Gasteiger partial charge in [0.05, 0.1) is 11.5 Å². The van der Waals surface area contributed by atoms with E-state index in [-0.39, 0.29) is 29.3 Å². The monoisotopic (exact) mass is 263 g/mol. The summed E-state index contributed by atoms with van der Waals surface area (Å²) in [4.78, 5) is 34.7. The summed E-state index contributed by atoms with van der Waals surface area (Å²) < 4.78 is 0. The molecule has 1 aromatic carbocycles. The van der Waals surface area contributed by atoms with E-state index in [4.69, 9.17) is 5.73 Å². The Morgan fingerprint density at radius 2 is 2.16 bits per heavy atom. The van der Waals surface area contributed by atoms with Crippen molar-refractivity contribution in [2.45, 2.75) is 12.8 Å². The number of hydrogen-bond donors (Lipinski definition) is 1. The summed E-state index contributed by atoms with van der Waals surface area (Å²) in [5.74, 6) is -0.621. The van der Waals surface area contributed by atoms with Crippen molar-refractivity contribution in [2.75, 3.05) is 18.0 Å². The number of nitrogens with two attached hydrogens (primary N) is 1. The lowest BCUT2D eigenvalue weighted by Crippen LogP contribution is -2.36. The summed E-state index contributed by atoms with van der Waals surface area (Å²) in [7, 11) is 0. The fourth-order valence-electron chi connectivity index (χ4n) is 2.13. The third kappa shape index (κ3) is 2.70. The van der Waals surface area contributed by atoms with Gasteiger partial charge >= 0.3 is 0 Å². The van der Waals surface area contributed by atoms with E-state index in [0.29, 0.717) is 19.4 Å². The maximum absolute atomic E-state index is 11.4. The van der Waals surface area contributed by atoms with E-state index in [1.165, 1.54) is 18.2 Å². The molecule has 1 amide bonds. The number of anilines is 1. The second kappa shape index (κ2) is 5.05. The van der Waals surface area contributed by atoms with Gasteiger partial charge < -0.3 is 10.6 Å². The topological polar surface area (TPSA) is 107 Å². The number of primary amides is 1. The van der Waals surface area contributed by atoms with E-state index in [1.54, 1.807) is 4.90 Å². The van der Waals surface area contributed by atoms with E-state index >= 15 is 0 Å². The number of carbonyl (C=O) groups excluding carboxylic acids is 2. The Kier molecular flexibility index (Phi) is 3.46. The Balaban J connectivity index is 2.45. The molecule has 1 aromatic rings. The molecule has 7 heteroatoms. The Labute approximate surface area is 109 Å². The van der Waals surface area contributed by atoms with Crippen molar-refractivity contribution in [3.8, 4) is 0 Å². The summed E-state index contributed by atoms with van der Waals surface area (Å²) in [6.07, 6.45) is 1.14. The van der Waals surface area contributed by atoms with Crippen LogP contribution in [-0.2, 0) is 4.79 Å². The first kappa shape index (κ1) is 13.0. The zero-order chi connectivity index (χ0) is 14.0. The van der Waals surface area contributed by atoms with Crippen LogP contribution in [0.15, 0.2) is 18.2 Å². The molecule has 0 aromatic heterocycles. The molecule has 0 radical (unpaired) electrons. The fourth-order valence-corrected chi connectivity index (χ4v) is 2.13. The van der Waals surface area contributed by atoms with Crippen LogP contribution in [0.1, 0.15) is 23.2 Å². The van der Waals surface area contributed by atoms with Crippen LogP contribution in [-0.4, -0.2) is 29.7 Å². The van der Waals surface area contributed by atoms with Crippen molar-refractivity contribution in [3.05, 3.63) is 33.9 Å². The normalized spacial score (nSPS) is 15.4. The lowest BCUT2D eigenvalue weighted by atomic mass is 10.1. The van der Waals surface area contributed by atoms with Gasteiger partial charge in [-0.05, 0) is 18.6 Å². The number of amides is 1. The number of ketones is 1.